The van der Waals surface area contributed by atoms with Crippen molar-refractivity contribution in [3.05, 3.63) is 26.4 Å². The molecule has 0 bridgehead atoms. The third-order valence-electron chi connectivity index (χ3n) is 2.92. The molecular formula is C12H15Br2N3. The lowest BCUT2D eigenvalue weighted by Crippen LogP contribution is -2.01. The number of halogens is 2. The van der Waals surface area contributed by atoms with Crippen molar-refractivity contribution in [2.24, 2.45) is 0 Å². The number of nitrogens with two attached hydrogens (primary N) is 1. The van der Waals surface area contributed by atoms with E-state index >= 15 is 0 Å². The first kappa shape index (κ1) is 12.9. The smallest absolute Gasteiger partial charge is 0.154 e. The van der Waals surface area contributed by atoms with Gasteiger partial charge in [-0.15, -0.1) is 0 Å². The Labute approximate surface area is 118 Å². The van der Waals surface area contributed by atoms with Crippen LogP contribution in [0.15, 0.2) is 15.0 Å². The van der Waals surface area contributed by atoms with Gasteiger partial charge in [-0.1, -0.05) is 13.3 Å². The molecule has 0 aliphatic carbocycles. The van der Waals surface area contributed by atoms with Crippen molar-refractivity contribution < 1.29 is 0 Å². The average molecular weight is 361 g/mol. The quantitative estimate of drug-likeness (QED) is 0.895. The van der Waals surface area contributed by atoms with Gasteiger partial charge in [-0.05, 0) is 57.7 Å². The van der Waals surface area contributed by atoms with Crippen molar-refractivity contribution in [2.75, 3.05) is 5.73 Å². The van der Waals surface area contributed by atoms with Crippen LogP contribution in [0.2, 0.25) is 0 Å². The van der Waals surface area contributed by atoms with E-state index in [0.29, 0.717) is 5.82 Å². The minimum atomic E-state index is 0.639. The predicted octanol–water partition coefficient (Wildman–Crippen LogP) is 4.09. The Hall–Kier alpha value is -0.550. The van der Waals surface area contributed by atoms with Crippen molar-refractivity contribution in [3.8, 4) is 0 Å². The summed E-state index contributed by atoms with van der Waals surface area (Å²) in [5.41, 5.74) is 9.16. The molecule has 92 valence electrons. The van der Waals surface area contributed by atoms with E-state index in [0.717, 1.165) is 45.2 Å². The highest BCUT2D eigenvalue weighted by Gasteiger charge is 2.15. The van der Waals surface area contributed by atoms with Crippen LogP contribution in [0.5, 0.6) is 0 Å². The monoisotopic (exact) mass is 359 g/mol. The molecule has 0 amide bonds. The van der Waals surface area contributed by atoms with Gasteiger partial charge in [0.1, 0.15) is 5.82 Å². The Morgan fingerprint density at radius 3 is 2.71 bits per heavy atom. The molecule has 0 aliphatic heterocycles. The van der Waals surface area contributed by atoms with Gasteiger partial charge in [0.05, 0.1) is 10.2 Å². The minimum Gasteiger partial charge on any atom is -0.382 e. The van der Waals surface area contributed by atoms with Crippen molar-refractivity contribution in [1.29, 1.82) is 0 Å². The Kier molecular flexibility index (Phi) is 3.78. The highest BCUT2D eigenvalue weighted by Crippen LogP contribution is 2.29. The van der Waals surface area contributed by atoms with Gasteiger partial charge in [-0.2, -0.15) is 0 Å². The number of unbranched alkanes of at least 4 members (excludes halogenated alkanes) is 1. The maximum atomic E-state index is 6.01. The number of aromatic nitrogens is 2. The zero-order valence-electron chi connectivity index (χ0n) is 9.93. The third-order valence-corrected chi connectivity index (χ3v) is 4.31. The molecule has 0 radical (unpaired) electrons. The van der Waals surface area contributed by atoms with Crippen LogP contribution in [-0.4, -0.2) is 9.38 Å². The first-order valence-electron chi connectivity index (χ1n) is 5.67. The number of hydrogen-bond donors (Lipinski definition) is 1. The lowest BCUT2D eigenvalue weighted by Gasteiger charge is -2.08. The second-order valence-corrected chi connectivity index (χ2v) is 5.84. The van der Waals surface area contributed by atoms with Gasteiger partial charge in [0.15, 0.2) is 5.65 Å². The van der Waals surface area contributed by atoms with Crippen LogP contribution in [-0.2, 0) is 6.42 Å². The predicted molar refractivity (Wildman–Crippen MR) is 78.4 cm³/mol. The molecule has 0 aliphatic rings. The van der Waals surface area contributed by atoms with Crippen LogP contribution < -0.4 is 5.73 Å². The number of aryl methyl sites for hydroxylation is 2. The summed E-state index contributed by atoms with van der Waals surface area (Å²) in [5.74, 6) is 0.639. The molecule has 0 fully saturated rings. The number of nitrogen functional groups attached to an aromatic ring is 1. The molecule has 0 atom stereocenters. The van der Waals surface area contributed by atoms with Gasteiger partial charge in [-0.3, -0.25) is 4.40 Å². The second kappa shape index (κ2) is 4.98. The van der Waals surface area contributed by atoms with Crippen LogP contribution in [0.3, 0.4) is 0 Å². The Morgan fingerprint density at radius 2 is 2.06 bits per heavy atom. The highest BCUT2D eigenvalue weighted by atomic mass is 79.9. The van der Waals surface area contributed by atoms with Crippen molar-refractivity contribution in [3.63, 3.8) is 0 Å². The summed E-state index contributed by atoms with van der Waals surface area (Å²) in [5, 5.41) is 0. The van der Waals surface area contributed by atoms with Crippen LogP contribution in [0.25, 0.3) is 5.65 Å². The van der Waals surface area contributed by atoms with Crippen LogP contribution in [0.1, 0.15) is 31.2 Å². The normalized spacial score (nSPS) is 11.3. The van der Waals surface area contributed by atoms with E-state index in [9.17, 15) is 0 Å². The van der Waals surface area contributed by atoms with E-state index in [4.69, 9.17) is 5.73 Å². The molecule has 0 unspecified atom stereocenters. The highest BCUT2D eigenvalue weighted by molar-refractivity contribution is 9.11. The maximum Gasteiger partial charge on any atom is 0.154 e. The number of nitrogens with zero attached hydrogens (tertiary/aromatic N) is 2. The molecule has 2 aromatic rings. The topological polar surface area (TPSA) is 43.3 Å². The van der Waals surface area contributed by atoms with E-state index in [1.165, 1.54) is 0 Å². The second-order valence-electron chi connectivity index (χ2n) is 4.13. The molecule has 0 saturated heterocycles. The summed E-state index contributed by atoms with van der Waals surface area (Å²) in [7, 11) is 0. The number of rotatable bonds is 3. The van der Waals surface area contributed by atoms with Gasteiger partial charge in [0, 0.05) is 10.2 Å². The van der Waals surface area contributed by atoms with Crippen LogP contribution >= 0.6 is 31.9 Å². The van der Waals surface area contributed by atoms with Gasteiger partial charge >= 0.3 is 0 Å². The SMILES string of the molecule is CCCCc1c(N)nc2c(Br)cc(Br)c(C)n12. The fourth-order valence-corrected chi connectivity index (χ4v) is 3.17. The maximum absolute atomic E-state index is 6.01. The first-order chi connectivity index (χ1) is 8.06. The van der Waals surface area contributed by atoms with Gasteiger partial charge in [0.25, 0.3) is 0 Å². The van der Waals surface area contributed by atoms with Crippen molar-refractivity contribution in [2.45, 2.75) is 33.1 Å². The number of imidazole rings is 1. The van der Waals surface area contributed by atoms with Crippen LogP contribution in [0.4, 0.5) is 5.82 Å². The molecule has 2 N–H and O–H groups in total. The number of pyridine rings is 1. The molecule has 0 spiro atoms. The first-order valence-corrected chi connectivity index (χ1v) is 7.26. The summed E-state index contributed by atoms with van der Waals surface area (Å²) < 4.78 is 4.16. The molecular weight excluding hydrogens is 346 g/mol. The number of hydrogen-bond acceptors (Lipinski definition) is 2. The number of anilines is 1. The molecule has 0 aromatic carbocycles. The van der Waals surface area contributed by atoms with E-state index in [1.807, 2.05) is 6.07 Å². The summed E-state index contributed by atoms with van der Waals surface area (Å²) >= 11 is 7.09. The third kappa shape index (κ3) is 2.22. The molecule has 2 rings (SSSR count). The Balaban J connectivity index is 2.70. The fraction of sp³-hybridized carbons (Fsp3) is 0.417. The summed E-state index contributed by atoms with van der Waals surface area (Å²) in [6.45, 7) is 4.25. The van der Waals surface area contributed by atoms with Crippen molar-refractivity contribution >= 4 is 43.3 Å². The zero-order chi connectivity index (χ0) is 12.6. The average Bonchev–Trinajstić information content (AvgIpc) is 2.61. The Morgan fingerprint density at radius 1 is 1.35 bits per heavy atom. The molecule has 2 heterocycles. The zero-order valence-corrected chi connectivity index (χ0v) is 13.1. The number of fused-ring (bicyclic) bond motifs is 1. The van der Waals surface area contributed by atoms with Crippen molar-refractivity contribution in [1.82, 2.24) is 9.38 Å². The van der Waals surface area contributed by atoms with Crippen LogP contribution in [0, 0.1) is 6.92 Å². The lowest BCUT2D eigenvalue weighted by atomic mass is 10.2. The van der Waals surface area contributed by atoms with Gasteiger partial charge in [-0.25, -0.2) is 4.98 Å². The molecule has 5 heteroatoms. The van der Waals surface area contributed by atoms with E-state index in [2.05, 4.69) is 55.1 Å². The fourth-order valence-electron chi connectivity index (χ4n) is 1.96. The van der Waals surface area contributed by atoms with Gasteiger partial charge < -0.3 is 5.73 Å². The van der Waals surface area contributed by atoms with E-state index in [1.54, 1.807) is 0 Å². The summed E-state index contributed by atoms with van der Waals surface area (Å²) in [6, 6.07) is 2.01. The molecule has 3 nitrogen and oxygen atoms in total. The van der Waals surface area contributed by atoms with E-state index in [-0.39, 0.29) is 0 Å². The Bertz CT molecular complexity index is 561. The standard InChI is InChI=1S/C12H15Br2N3/c1-3-4-5-10-11(15)16-12-9(14)6-8(13)7(2)17(10)12/h6H,3-5,15H2,1-2H3. The summed E-state index contributed by atoms with van der Waals surface area (Å²) in [6.07, 6.45) is 3.25. The summed E-state index contributed by atoms with van der Waals surface area (Å²) in [4.78, 5) is 4.44. The lowest BCUT2D eigenvalue weighted by molar-refractivity contribution is 0.767. The largest absolute Gasteiger partial charge is 0.382 e. The molecule has 2 aromatic heterocycles. The minimum absolute atomic E-state index is 0.639. The molecule has 0 saturated carbocycles. The van der Waals surface area contributed by atoms with Gasteiger partial charge in [0.2, 0.25) is 0 Å². The molecule has 17 heavy (non-hydrogen) atoms. The van der Waals surface area contributed by atoms with E-state index < -0.39 is 0 Å².